The van der Waals surface area contributed by atoms with Crippen molar-refractivity contribution in [2.75, 3.05) is 0 Å². The molecule has 5 nitrogen and oxygen atoms in total. The molecule has 164 valence electrons. The second-order valence-electron chi connectivity index (χ2n) is 8.32. The Morgan fingerprint density at radius 1 is 0.839 bits per heavy atom. The number of carboxylic acids is 1. The highest BCUT2D eigenvalue weighted by atomic mass is 16.5. The summed E-state index contributed by atoms with van der Waals surface area (Å²) in [5, 5.41) is 11.6. The Balaban J connectivity index is 1.99. The average Bonchev–Trinajstić information content (AvgIpc) is 2.72. The van der Waals surface area contributed by atoms with Crippen molar-refractivity contribution in [3.63, 3.8) is 0 Å². The minimum atomic E-state index is -1.19. The number of rotatable bonds is 6. The molecule has 0 saturated heterocycles. The van der Waals surface area contributed by atoms with Gasteiger partial charge in [-0.05, 0) is 112 Å². The number of hydrogen-bond acceptors (Lipinski definition) is 5. The highest BCUT2D eigenvalue weighted by Gasteiger charge is 2.17. The van der Waals surface area contributed by atoms with Gasteiger partial charge in [0.15, 0.2) is 0 Å². The van der Waals surface area contributed by atoms with Crippen LogP contribution in [0.1, 0.15) is 56.5 Å². The van der Waals surface area contributed by atoms with E-state index in [1.807, 2.05) is 26.0 Å². The Bertz CT molecular complexity index is 1220. The first-order valence-corrected chi connectivity index (χ1v) is 10.5. The SMILES string of the molecule is Cc1c(C)c(C)c(COc2ccc3c(C)c(CCC(=O)[O-])c(=O)oc3c2C)c(C)c1C. The van der Waals surface area contributed by atoms with Crippen LogP contribution in [0.3, 0.4) is 0 Å². The lowest BCUT2D eigenvalue weighted by atomic mass is 9.90. The smallest absolute Gasteiger partial charge is 0.339 e. The molecule has 0 aliphatic heterocycles. The second kappa shape index (κ2) is 8.58. The second-order valence-corrected chi connectivity index (χ2v) is 8.32. The number of benzene rings is 2. The molecule has 1 aromatic heterocycles. The van der Waals surface area contributed by atoms with E-state index in [9.17, 15) is 14.7 Å². The number of hydrogen-bond donors (Lipinski definition) is 0. The number of ether oxygens (including phenoxy) is 1. The Hall–Kier alpha value is -3.08. The maximum absolute atomic E-state index is 12.5. The van der Waals surface area contributed by atoms with Gasteiger partial charge < -0.3 is 19.1 Å². The van der Waals surface area contributed by atoms with Crippen molar-refractivity contribution >= 4 is 16.9 Å². The molecule has 0 aliphatic rings. The molecule has 3 rings (SSSR count). The molecule has 5 heteroatoms. The largest absolute Gasteiger partial charge is 0.550 e. The summed E-state index contributed by atoms with van der Waals surface area (Å²) in [5.74, 6) is -0.529. The van der Waals surface area contributed by atoms with E-state index in [0.29, 0.717) is 23.5 Å². The van der Waals surface area contributed by atoms with Gasteiger partial charge in [-0.1, -0.05) is 0 Å². The summed E-state index contributed by atoms with van der Waals surface area (Å²) in [6, 6.07) is 3.75. The predicted molar refractivity (Wildman–Crippen MR) is 120 cm³/mol. The molecule has 0 radical (unpaired) electrons. The van der Waals surface area contributed by atoms with Crippen LogP contribution in [0.4, 0.5) is 0 Å². The topological polar surface area (TPSA) is 79.6 Å². The van der Waals surface area contributed by atoms with Crippen LogP contribution in [0.15, 0.2) is 21.3 Å². The monoisotopic (exact) mass is 421 g/mol. The predicted octanol–water partition coefficient (Wildman–Crippen LogP) is 4.21. The summed E-state index contributed by atoms with van der Waals surface area (Å²) < 4.78 is 11.8. The molecule has 1 heterocycles. The Morgan fingerprint density at radius 3 is 2.00 bits per heavy atom. The first kappa shape index (κ1) is 22.6. The number of fused-ring (bicyclic) bond motifs is 1. The molecular formula is C26H29O5-. The van der Waals surface area contributed by atoms with Crippen molar-refractivity contribution in [2.24, 2.45) is 0 Å². The molecule has 0 fully saturated rings. The van der Waals surface area contributed by atoms with E-state index < -0.39 is 11.6 Å². The van der Waals surface area contributed by atoms with Gasteiger partial charge in [0.1, 0.15) is 17.9 Å². The summed E-state index contributed by atoms with van der Waals surface area (Å²) in [4.78, 5) is 23.3. The quantitative estimate of drug-likeness (QED) is 0.557. The number of carboxylic acid groups (broad SMARTS) is 1. The van der Waals surface area contributed by atoms with E-state index in [-0.39, 0.29) is 12.8 Å². The first-order chi connectivity index (χ1) is 14.5. The third-order valence-corrected chi connectivity index (χ3v) is 6.76. The summed E-state index contributed by atoms with van der Waals surface area (Å²) >= 11 is 0. The van der Waals surface area contributed by atoms with E-state index in [4.69, 9.17) is 9.15 Å². The van der Waals surface area contributed by atoms with Gasteiger partial charge in [0.25, 0.3) is 0 Å². The van der Waals surface area contributed by atoms with Crippen LogP contribution in [-0.2, 0) is 17.8 Å². The normalized spacial score (nSPS) is 11.2. The summed E-state index contributed by atoms with van der Waals surface area (Å²) in [7, 11) is 0. The molecule has 2 aromatic carbocycles. The molecular weight excluding hydrogens is 392 g/mol. The zero-order chi connectivity index (χ0) is 23.0. The van der Waals surface area contributed by atoms with Gasteiger partial charge in [0, 0.05) is 22.5 Å². The van der Waals surface area contributed by atoms with Gasteiger partial charge in [0.05, 0.1) is 0 Å². The van der Waals surface area contributed by atoms with E-state index in [0.717, 1.165) is 16.5 Å². The van der Waals surface area contributed by atoms with Crippen LogP contribution < -0.4 is 15.5 Å². The van der Waals surface area contributed by atoms with Crippen molar-refractivity contribution < 1.29 is 19.1 Å². The van der Waals surface area contributed by atoms with Crippen LogP contribution in [0.2, 0.25) is 0 Å². The molecule has 0 spiro atoms. The maximum Gasteiger partial charge on any atom is 0.339 e. The highest BCUT2D eigenvalue weighted by Crippen LogP contribution is 2.32. The van der Waals surface area contributed by atoms with Crippen LogP contribution >= 0.6 is 0 Å². The molecule has 0 bridgehead atoms. The van der Waals surface area contributed by atoms with Crippen molar-refractivity contribution in [3.05, 3.63) is 72.6 Å². The molecule has 31 heavy (non-hydrogen) atoms. The maximum atomic E-state index is 12.5. The summed E-state index contributed by atoms with van der Waals surface area (Å²) in [6.07, 6.45) is -0.125. The van der Waals surface area contributed by atoms with E-state index in [1.54, 1.807) is 0 Å². The zero-order valence-electron chi connectivity index (χ0n) is 19.3. The summed E-state index contributed by atoms with van der Waals surface area (Å²) in [5.41, 5.74) is 9.34. The van der Waals surface area contributed by atoms with Crippen LogP contribution in [0.5, 0.6) is 5.75 Å². The fraction of sp³-hybridized carbons (Fsp3) is 0.385. The molecule has 0 saturated carbocycles. The van der Waals surface area contributed by atoms with Gasteiger partial charge in [-0.15, -0.1) is 0 Å². The van der Waals surface area contributed by atoms with E-state index in [2.05, 4.69) is 34.6 Å². The summed E-state index contributed by atoms with van der Waals surface area (Å²) in [6.45, 7) is 14.8. The fourth-order valence-electron chi connectivity index (χ4n) is 4.19. The van der Waals surface area contributed by atoms with Gasteiger partial charge >= 0.3 is 5.63 Å². The van der Waals surface area contributed by atoms with Gasteiger partial charge in [-0.25, -0.2) is 4.79 Å². The minimum absolute atomic E-state index is 0.0917. The highest BCUT2D eigenvalue weighted by molar-refractivity contribution is 5.85. The molecule has 0 aliphatic carbocycles. The van der Waals surface area contributed by atoms with Gasteiger partial charge in [-0.3, -0.25) is 0 Å². The van der Waals surface area contributed by atoms with Gasteiger partial charge in [-0.2, -0.15) is 0 Å². The fourth-order valence-corrected chi connectivity index (χ4v) is 4.19. The van der Waals surface area contributed by atoms with Crippen molar-refractivity contribution in [1.82, 2.24) is 0 Å². The Morgan fingerprint density at radius 2 is 1.42 bits per heavy atom. The lowest BCUT2D eigenvalue weighted by Crippen LogP contribution is -2.24. The lowest BCUT2D eigenvalue weighted by molar-refractivity contribution is -0.305. The zero-order valence-corrected chi connectivity index (χ0v) is 19.3. The molecule has 0 atom stereocenters. The number of carbonyl (C=O) groups excluding carboxylic acids is 1. The van der Waals surface area contributed by atoms with Crippen molar-refractivity contribution in [2.45, 2.75) is 67.9 Å². The third kappa shape index (κ3) is 4.09. The van der Waals surface area contributed by atoms with Gasteiger partial charge in [0.2, 0.25) is 0 Å². The molecule has 0 N–H and O–H groups in total. The molecule has 0 amide bonds. The number of aryl methyl sites for hydroxylation is 2. The number of carbonyl (C=O) groups is 1. The molecule has 0 unspecified atom stereocenters. The van der Waals surface area contributed by atoms with Crippen LogP contribution in [-0.4, -0.2) is 5.97 Å². The van der Waals surface area contributed by atoms with E-state index >= 15 is 0 Å². The first-order valence-electron chi connectivity index (χ1n) is 10.5. The van der Waals surface area contributed by atoms with E-state index in [1.165, 1.54) is 33.4 Å². The third-order valence-electron chi connectivity index (χ3n) is 6.76. The van der Waals surface area contributed by atoms with Crippen molar-refractivity contribution in [3.8, 4) is 5.75 Å². The lowest BCUT2D eigenvalue weighted by Gasteiger charge is -2.20. The van der Waals surface area contributed by atoms with Crippen LogP contribution in [0.25, 0.3) is 11.0 Å². The van der Waals surface area contributed by atoms with Crippen LogP contribution in [0, 0.1) is 48.5 Å². The Kier molecular flexibility index (Phi) is 6.25. The number of aliphatic carboxylic acids is 1. The average molecular weight is 422 g/mol. The molecule has 3 aromatic rings. The van der Waals surface area contributed by atoms with Crippen molar-refractivity contribution in [1.29, 1.82) is 0 Å². The Labute approximate surface area is 182 Å². The minimum Gasteiger partial charge on any atom is -0.550 e. The standard InChI is InChI=1S/C26H30O5/c1-13-14(2)16(4)22(17(5)15(13)3)12-30-23-10-8-20-18(6)21(9-11-24(27)28)26(29)31-25(20)19(23)7/h8,10H,9,11-12H2,1-7H3,(H,27,28)/p-1.